The lowest BCUT2D eigenvalue weighted by Crippen LogP contribution is -2.24. The highest BCUT2D eigenvalue weighted by molar-refractivity contribution is 7.22. The van der Waals surface area contributed by atoms with Crippen LogP contribution < -0.4 is 10.1 Å². The molecule has 0 bridgehead atoms. The normalized spacial score (nSPS) is 14.8. The highest BCUT2D eigenvalue weighted by Crippen LogP contribution is 2.50. The number of nitrogens with zero attached hydrogens (tertiary/aromatic N) is 3. The Labute approximate surface area is 194 Å². The van der Waals surface area contributed by atoms with Crippen molar-refractivity contribution in [1.29, 1.82) is 0 Å². The molecule has 2 aromatic carbocycles. The lowest BCUT2D eigenvalue weighted by atomic mass is 10.1. The highest BCUT2D eigenvalue weighted by Gasteiger charge is 2.33. The van der Waals surface area contributed by atoms with Gasteiger partial charge in [-0.15, -0.1) is 11.3 Å². The van der Waals surface area contributed by atoms with Crippen LogP contribution in [0.2, 0.25) is 0 Å². The number of pyridine rings is 1. The van der Waals surface area contributed by atoms with Crippen LogP contribution >= 0.6 is 11.3 Å². The van der Waals surface area contributed by atoms with Gasteiger partial charge in [-0.1, -0.05) is 18.2 Å². The minimum Gasteiger partial charge on any atom is -0.504 e. The van der Waals surface area contributed by atoms with E-state index in [9.17, 15) is 5.11 Å². The van der Waals surface area contributed by atoms with Gasteiger partial charge in [0.1, 0.15) is 11.0 Å². The van der Waals surface area contributed by atoms with Crippen LogP contribution in [0.4, 0.5) is 5.69 Å². The van der Waals surface area contributed by atoms with E-state index in [1.165, 1.54) is 0 Å². The smallest absolute Gasteiger partial charge is 0.160 e. The van der Waals surface area contributed by atoms with E-state index in [1.807, 2.05) is 37.3 Å². The number of methoxy groups -OCH3 is 2. The molecule has 1 aliphatic rings. The number of thiophene rings is 1. The maximum atomic E-state index is 10.2. The number of benzene rings is 2. The summed E-state index contributed by atoms with van der Waals surface area (Å²) in [6.45, 7) is 2.50. The number of rotatable bonds is 4. The van der Waals surface area contributed by atoms with E-state index < -0.39 is 0 Å². The molecule has 4 heterocycles. The largest absolute Gasteiger partial charge is 0.504 e. The summed E-state index contributed by atoms with van der Waals surface area (Å²) in [4.78, 5) is 11.9. The summed E-state index contributed by atoms with van der Waals surface area (Å²) in [6, 6.07) is 15.6. The zero-order valence-corrected chi connectivity index (χ0v) is 19.2. The maximum Gasteiger partial charge on any atom is 0.160 e. The molecular weight excluding hydrogens is 436 g/mol. The van der Waals surface area contributed by atoms with Gasteiger partial charge in [-0.2, -0.15) is 0 Å². The third kappa shape index (κ3) is 2.98. The quantitative estimate of drug-likeness (QED) is 0.373. The Morgan fingerprint density at radius 1 is 1.12 bits per heavy atom. The number of aromatic nitrogens is 3. The molecule has 2 N–H and O–H groups in total. The molecule has 0 amide bonds. The fraction of sp³-hybridized carbons (Fsp3) is 0.200. The third-order valence-corrected chi connectivity index (χ3v) is 7.11. The summed E-state index contributed by atoms with van der Waals surface area (Å²) in [5.41, 5.74) is 5.97. The summed E-state index contributed by atoms with van der Waals surface area (Å²) in [5.74, 6) is 1.43. The Balaban J connectivity index is 1.67. The summed E-state index contributed by atoms with van der Waals surface area (Å²) < 4.78 is 13.1. The summed E-state index contributed by atoms with van der Waals surface area (Å²) in [5, 5.41) is 15.0. The molecule has 166 valence electrons. The van der Waals surface area contributed by atoms with Crippen LogP contribution in [0.25, 0.3) is 32.0 Å². The van der Waals surface area contributed by atoms with Gasteiger partial charge in [-0.3, -0.25) is 4.57 Å². The summed E-state index contributed by atoms with van der Waals surface area (Å²) >= 11 is 1.64. The van der Waals surface area contributed by atoms with Crippen molar-refractivity contribution in [2.45, 2.75) is 19.7 Å². The topological polar surface area (TPSA) is 81.4 Å². The molecule has 1 atom stereocenters. The fourth-order valence-electron chi connectivity index (χ4n) is 4.64. The molecule has 0 radical (unpaired) electrons. The molecule has 0 aliphatic carbocycles. The van der Waals surface area contributed by atoms with Crippen LogP contribution in [-0.2, 0) is 11.3 Å². The molecule has 5 aromatic rings. The molecule has 8 heteroatoms. The van der Waals surface area contributed by atoms with E-state index in [4.69, 9.17) is 19.4 Å². The van der Waals surface area contributed by atoms with Crippen molar-refractivity contribution in [3.05, 3.63) is 65.4 Å². The molecule has 1 aliphatic heterocycles. The minimum absolute atomic E-state index is 0.108. The number of hydrogen-bond donors (Lipinski definition) is 2. The molecule has 0 spiro atoms. The maximum absolute atomic E-state index is 10.2. The number of phenols is 1. The number of aromatic hydroxyl groups is 1. The second kappa shape index (κ2) is 7.47. The van der Waals surface area contributed by atoms with Crippen LogP contribution in [0.5, 0.6) is 11.5 Å². The average Bonchev–Trinajstić information content (AvgIpc) is 3.37. The van der Waals surface area contributed by atoms with Crippen molar-refractivity contribution < 1.29 is 14.6 Å². The molecule has 0 saturated carbocycles. The Hall–Kier alpha value is -3.62. The summed E-state index contributed by atoms with van der Waals surface area (Å²) in [6.07, 6.45) is -0.246. The first-order chi connectivity index (χ1) is 16.1. The van der Waals surface area contributed by atoms with Gasteiger partial charge in [-0.05, 0) is 48.4 Å². The number of para-hydroxylation sites is 2. The second-order valence-corrected chi connectivity index (χ2v) is 9.11. The standard InChI is InChI=1S/C25H22N4O3S/c1-13-10-15(12-31-2)20-21-22(33-25(20)26-13)24-27-16-6-4-5-7-17(16)29(24)23(28-21)14-8-9-18(30)19(11-14)32-3/h4-11,23,28,30H,12H2,1-3H3. The van der Waals surface area contributed by atoms with Crippen molar-refractivity contribution >= 4 is 38.3 Å². The zero-order valence-electron chi connectivity index (χ0n) is 18.4. The van der Waals surface area contributed by atoms with Crippen molar-refractivity contribution in [3.63, 3.8) is 0 Å². The van der Waals surface area contributed by atoms with Gasteiger partial charge < -0.3 is 19.9 Å². The first-order valence-electron chi connectivity index (χ1n) is 10.6. The van der Waals surface area contributed by atoms with Gasteiger partial charge in [-0.25, -0.2) is 9.97 Å². The second-order valence-electron chi connectivity index (χ2n) is 8.11. The van der Waals surface area contributed by atoms with Gasteiger partial charge in [0.25, 0.3) is 0 Å². The Morgan fingerprint density at radius 3 is 2.79 bits per heavy atom. The molecule has 1 unspecified atom stereocenters. The molecule has 6 rings (SSSR count). The number of hydrogen-bond acceptors (Lipinski definition) is 7. The van der Waals surface area contributed by atoms with E-state index in [2.05, 4.69) is 22.0 Å². The summed E-state index contributed by atoms with van der Waals surface area (Å²) in [7, 11) is 3.26. The molecule has 0 saturated heterocycles. The van der Waals surface area contributed by atoms with Gasteiger partial charge in [0, 0.05) is 18.2 Å². The predicted molar refractivity (Wildman–Crippen MR) is 130 cm³/mol. The Morgan fingerprint density at radius 2 is 1.97 bits per heavy atom. The number of imidazole rings is 1. The van der Waals surface area contributed by atoms with E-state index in [-0.39, 0.29) is 11.9 Å². The van der Waals surface area contributed by atoms with Crippen LogP contribution in [0.15, 0.2) is 48.5 Å². The molecular formula is C25H22N4O3S. The lowest BCUT2D eigenvalue weighted by Gasteiger charge is -2.29. The number of nitrogens with one attached hydrogen (secondary N) is 1. The van der Waals surface area contributed by atoms with E-state index in [0.717, 1.165) is 54.5 Å². The van der Waals surface area contributed by atoms with Gasteiger partial charge in [0.2, 0.25) is 0 Å². The fourth-order valence-corrected chi connectivity index (χ4v) is 5.86. The first-order valence-corrected chi connectivity index (χ1v) is 11.4. The molecule has 7 nitrogen and oxygen atoms in total. The highest BCUT2D eigenvalue weighted by atomic mass is 32.1. The SMILES string of the molecule is COCc1cc(C)nc2sc3c(c12)NC(c1ccc(O)c(OC)c1)n1c-3nc2ccccc21. The monoisotopic (exact) mass is 458 g/mol. The third-order valence-electron chi connectivity index (χ3n) is 6.03. The van der Waals surface area contributed by atoms with Crippen LogP contribution in [0.3, 0.4) is 0 Å². The molecule has 3 aromatic heterocycles. The number of aryl methyl sites for hydroxylation is 1. The zero-order chi connectivity index (χ0) is 22.7. The number of anilines is 1. The Kier molecular flexibility index (Phi) is 4.53. The molecule has 0 fully saturated rings. The van der Waals surface area contributed by atoms with Crippen LogP contribution in [0, 0.1) is 6.92 Å². The lowest BCUT2D eigenvalue weighted by molar-refractivity contribution is 0.186. The van der Waals surface area contributed by atoms with E-state index in [1.54, 1.807) is 31.6 Å². The van der Waals surface area contributed by atoms with Gasteiger partial charge in [0.05, 0.1) is 35.3 Å². The first kappa shape index (κ1) is 20.0. The van der Waals surface area contributed by atoms with Crippen molar-refractivity contribution in [2.24, 2.45) is 0 Å². The molecule has 33 heavy (non-hydrogen) atoms. The van der Waals surface area contributed by atoms with Crippen LogP contribution in [-0.4, -0.2) is 33.9 Å². The van der Waals surface area contributed by atoms with Gasteiger partial charge >= 0.3 is 0 Å². The van der Waals surface area contributed by atoms with E-state index in [0.29, 0.717) is 12.4 Å². The number of ether oxygens (including phenoxy) is 2. The predicted octanol–water partition coefficient (Wildman–Crippen LogP) is 5.45. The van der Waals surface area contributed by atoms with Crippen molar-refractivity contribution in [2.75, 3.05) is 19.5 Å². The minimum atomic E-state index is -0.246. The van der Waals surface area contributed by atoms with E-state index >= 15 is 0 Å². The van der Waals surface area contributed by atoms with Crippen LogP contribution in [0.1, 0.15) is 23.0 Å². The van der Waals surface area contributed by atoms with Crippen molar-refractivity contribution in [1.82, 2.24) is 14.5 Å². The van der Waals surface area contributed by atoms with Crippen molar-refractivity contribution in [3.8, 4) is 22.2 Å². The Bertz CT molecular complexity index is 1540. The van der Waals surface area contributed by atoms with Gasteiger partial charge in [0.15, 0.2) is 17.3 Å². The number of fused-ring (bicyclic) bond motifs is 7. The average molecular weight is 459 g/mol. The number of phenolic OH excluding ortho intramolecular Hbond substituents is 1.